The van der Waals surface area contributed by atoms with Crippen molar-refractivity contribution < 1.29 is 9.53 Å². The number of H-pyrrole nitrogens is 1. The third kappa shape index (κ3) is 4.10. The lowest BCUT2D eigenvalue weighted by Crippen LogP contribution is -2.34. The number of rotatable bonds is 2. The van der Waals surface area contributed by atoms with Gasteiger partial charge in [0.05, 0.1) is 5.69 Å². The molecule has 6 heteroatoms. The average molecular weight is 416 g/mol. The van der Waals surface area contributed by atoms with E-state index in [4.69, 9.17) is 16.1 Å². The third-order valence-electron chi connectivity index (χ3n) is 4.09. The maximum Gasteiger partial charge on any atom is 0.409 e. The second-order valence-electron chi connectivity index (χ2n) is 7.35. The number of hydrogen-bond acceptors (Lipinski definition) is 3. The molecule has 1 aliphatic carbocycles. The summed E-state index contributed by atoms with van der Waals surface area (Å²) >= 11 is 3.53. The van der Waals surface area contributed by atoms with E-state index < -0.39 is 17.7 Å². The Hall–Kier alpha value is -2.26. The van der Waals surface area contributed by atoms with Crippen LogP contribution in [-0.4, -0.2) is 21.7 Å². The molecule has 0 spiro atoms. The first kappa shape index (κ1) is 18.5. The molecule has 0 aliphatic heterocycles. The number of nitrogens with one attached hydrogen (secondary N) is 2. The number of ether oxygens (including phenoxy) is 1. The number of aryl methyl sites for hydroxylation is 2. The molecular weight excluding hydrogens is 394 g/mol. The van der Waals surface area contributed by atoms with E-state index in [1.165, 1.54) is 5.56 Å². The summed E-state index contributed by atoms with van der Waals surface area (Å²) in [6.07, 6.45) is 7.99. The van der Waals surface area contributed by atoms with E-state index >= 15 is 0 Å². The topological polar surface area (TPSA) is 67.0 Å². The number of carbonyl (C=O) groups is 1. The lowest BCUT2D eigenvalue weighted by atomic mass is 10.0. The molecule has 1 amide bonds. The number of aromatic amines is 1. The maximum absolute atomic E-state index is 12.1. The number of carbonyl (C=O) groups excluding carboxylic acids is 1. The summed E-state index contributed by atoms with van der Waals surface area (Å²) in [5.41, 5.74) is 3.74. The van der Waals surface area contributed by atoms with Crippen molar-refractivity contribution in [3.63, 3.8) is 0 Å². The van der Waals surface area contributed by atoms with Gasteiger partial charge >= 0.3 is 6.09 Å². The first-order chi connectivity index (χ1) is 12.3. The molecule has 26 heavy (non-hydrogen) atoms. The van der Waals surface area contributed by atoms with Crippen LogP contribution in [0.1, 0.15) is 50.3 Å². The van der Waals surface area contributed by atoms with Crippen molar-refractivity contribution in [1.29, 1.82) is 0 Å². The summed E-state index contributed by atoms with van der Waals surface area (Å²) in [4.78, 5) is 20.1. The van der Waals surface area contributed by atoms with Gasteiger partial charge in [0.25, 0.3) is 0 Å². The van der Waals surface area contributed by atoms with Crippen LogP contribution >= 0.6 is 15.9 Å². The zero-order chi connectivity index (χ0) is 18.9. The van der Waals surface area contributed by atoms with Gasteiger partial charge in [-0.2, -0.15) is 0 Å². The summed E-state index contributed by atoms with van der Waals surface area (Å²) in [6, 6.07) is 5.55. The zero-order valence-electron chi connectivity index (χ0n) is 15.1. The van der Waals surface area contributed by atoms with Crippen molar-refractivity contribution in [2.45, 2.75) is 51.7 Å². The zero-order valence-corrected chi connectivity index (χ0v) is 16.7. The molecule has 2 aromatic rings. The fraction of sp³-hybridized carbons (Fsp3) is 0.400. The molecule has 1 heterocycles. The fourth-order valence-electron chi connectivity index (χ4n) is 3.04. The van der Waals surface area contributed by atoms with Crippen LogP contribution in [0.2, 0.25) is 0 Å². The summed E-state index contributed by atoms with van der Waals surface area (Å²) in [7, 11) is 0. The van der Waals surface area contributed by atoms with Gasteiger partial charge in [0.1, 0.15) is 11.4 Å². The molecule has 3 rings (SSSR count). The number of alkyl carbamates (subject to hydrolysis) is 1. The highest BCUT2D eigenvalue weighted by atomic mass is 79.9. The molecule has 0 saturated carbocycles. The number of aromatic nitrogens is 2. The van der Waals surface area contributed by atoms with Crippen molar-refractivity contribution in [1.82, 2.24) is 15.3 Å². The van der Waals surface area contributed by atoms with Gasteiger partial charge in [-0.1, -0.05) is 27.9 Å². The largest absolute Gasteiger partial charge is 0.444 e. The molecule has 0 fully saturated rings. The lowest BCUT2D eigenvalue weighted by Gasteiger charge is -2.21. The minimum atomic E-state index is -0.671. The molecule has 0 bridgehead atoms. The Labute approximate surface area is 162 Å². The van der Waals surface area contributed by atoms with E-state index in [1.54, 1.807) is 0 Å². The minimum absolute atomic E-state index is 0.555. The smallest absolute Gasteiger partial charge is 0.409 e. The molecule has 5 nitrogen and oxygen atoms in total. The van der Waals surface area contributed by atoms with Crippen LogP contribution in [0.5, 0.6) is 0 Å². The van der Waals surface area contributed by atoms with E-state index in [9.17, 15) is 4.79 Å². The number of terminal acetylenes is 1. The van der Waals surface area contributed by atoms with Crippen LogP contribution in [0.3, 0.4) is 0 Å². The molecule has 0 saturated heterocycles. The molecule has 1 aromatic heterocycles. The first-order valence-corrected chi connectivity index (χ1v) is 9.39. The molecule has 1 aromatic carbocycles. The highest BCUT2D eigenvalue weighted by Crippen LogP contribution is 2.33. The fourth-order valence-corrected chi connectivity index (χ4v) is 3.45. The van der Waals surface area contributed by atoms with Crippen molar-refractivity contribution in [3.8, 4) is 23.6 Å². The number of nitrogens with zero attached hydrogens (tertiary/aromatic N) is 1. The van der Waals surface area contributed by atoms with Crippen LogP contribution in [0, 0.1) is 12.3 Å². The number of imidazole rings is 1. The number of amides is 1. The van der Waals surface area contributed by atoms with E-state index in [-0.39, 0.29) is 0 Å². The van der Waals surface area contributed by atoms with E-state index in [2.05, 4.69) is 44.3 Å². The average Bonchev–Trinajstić information content (AvgIpc) is 2.88. The molecule has 0 radical (unpaired) electrons. The second kappa shape index (κ2) is 7.16. The van der Waals surface area contributed by atoms with E-state index in [0.29, 0.717) is 5.82 Å². The van der Waals surface area contributed by atoms with Crippen LogP contribution in [-0.2, 0) is 17.6 Å². The summed E-state index contributed by atoms with van der Waals surface area (Å²) in [5.74, 6) is 3.13. The number of halogens is 1. The summed E-state index contributed by atoms with van der Waals surface area (Å²) in [5, 5.41) is 2.70. The third-order valence-corrected chi connectivity index (χ3v) is 4.59. The highest BCUT2D eigenvalue weighted by Gasteiger charge is 2.24. The maximum atomic E-state index is 12.1. The SMILES string of the molecule is C#C[C@H](NC(=O)OC(C)(C)C)c1nc2c([nH]1)CCCc1cc(Br)ccc1-2. The van der Waals surface area contributed by atoms with Crippen molar-refractivity contribution >= 4 is 22.0 Å². The Bertz CT molecular complexity index is 874. The van der Waals surface area contributed by atoms with Gasteiger partial charge in [-0.3, -0.25) is 0 Å². The van der Waals surface area contributed by atoms with Gasteiger partial charge in [-0.05, 0) is 57.7 Å². The van der Waals surface area contributed by atoms with Gasteiger partial charge in [-0.15, -0.1) is 6.42 Å². The van der Waals surface area contributed by atoms with Gasteiger partial charge in [-0.25, -0.2) is 9.78 Å². The summed E-state index contributed by atoms with van der Waals surface area (Å²) in [6.45, 7) is 5.42. The monoisotopic (exact) mass is 415 g/mol. The minimum Gasteiger partial charge on any atom is -0.444 e. The first-order valence-electron chi connectivity index (χ1n) is 8.60. The number of fused-ring (bicyclic) bond motifs is 3. The quantitative estimate of drug-likeness (QED) is 0.708. The molecule has 0 unspecified atom stereocenters. The van der Waals surface area contributed by atoms with Gasteiger partial charge in [0, 0.05) is 15.7 Å². The summed E-state index contributed by atoms with van der Waals surface area (Å²) < 4.78 is 6.35. The second-order valence-corrected chi connectivity index (χ2v) is 8.27. The number of hydrogen-bond donors (Lipinski definition) is 2. The molecular formula is C20H22BrN3O2. The lowest BCUT2D eigenvalue weighted by molar-refractivity contribution is 0.0514. The highest BCUT2D eigenvalue weighted by molar-refractivity contribution is 9.10. The van der Waals surface area contributed by atoms with Crippen molar-refractivity contribution in [2.24, 2.45) is 0 Å². The van der Waals surface area contributed by atoms with E-state index in [1.807, 2.05) is 26.8 Å². The standard InChI is InChI=1S/C20H22BrN3O2/c1-5-15(23-19(25)26-20(2,3)4)18-22-16-8-6-7-12-11-13(21)9-10-14(12)17(16)24-18/h1,9-11,15H,6-8H2,2-4H3,(H,22,24)(H,23,25)/t15-/m0/s1. The molecule has 136 valence electrons. The van der Waals surface area contributed by atoms with Crippen LogP contribution in [0.25, 0.3) is 11.3 Å². The van der Waals surface area contributed by atoms with Gasteiger partial charge < -0.3 is 15.0 Å². The Balaban J connectivity index is 1.90. The number of benzene rings is 1. The van der Waals surface area contributed by atoms with Crippen LogP contribution in [0.4, 0.5) is 4.79 Å². The molecule has 2 N–H and O–H groups in total. The van der Waals surface area contributed by atoms with Crippen LogP contribution in [0.15, 0.2) is 22.7 Å². The molecule has 1 atom stereocenters. The normalized spacial score (nSPS) is 14.4. The Morgan fingerprint density at radius 1 is 1.42 bits per heavy atom. The Morgan fingerprint density at radius 3 is 2.88 bits per heavy atom. The molecule has 1 aliphatic rings. The van der Waals surface area contributed by atoms with Crippen molar-refractivity contribution in [2.75, 3.05) is 0 Å². The van der Waals surface area contributed by atoms with Gasteiger partial charge in [0.2, 0.25) is 0 Å². The van der Waals surface area contributed by atoms with E-state index in [0.717, 1.165) is 40.7 Å². The van der Waals surface area contributed by atoms with Gasteiger partial charge in [0.15, 0.2) is 6.04 Å². The van der Waals surface area contributed by atoms with Crippen molar-refractivity contribution in [3.05, 3.63) is 39.8 Å². The Morgan fingerprint density at radius 2 is 2.19 bits per heavy atom. The Kier molecular flexibility index (Phi) is 5.10. The van der Waals surface area contributed by atoms with Crippen LogP contribution < -0.4 is 5.32 Å². The predicted octanol–water partition coefficient (Wildman–Crippen LogP) is 4.53. The predicted molar refractivity (Wildman–Crippen MR) is 105 cm³/mol.